The second kappa shape index (κ2) is 5.41. The van der Waals surface area contributed by atoms with E-state index in [1.807, 2.05) is 32.0 Å². The van der Waals surface area contributed by atoms with Crippen molar-refractivity contribution >= 4 is 5.69 Å². The van der Waals surface area contributed by atoms with Crippen molar-refractivity contribution in [3.8, 4) is 5.75 Å². The summed E-state index contributed by atoms with van der Waals surface area (Å²) in [6.45, 7) is 4.09. The van der Waals surface area contributed by atoms with Crippen LogP contribution in [0.4, 0.5) is 5.69 Å². The Kier molecular flexibility index (Phi) is 3.89. The number of nitrogens with one attached hydrogen (secondary N) is 1. The van der Waals surface area contributed by atoms with Crippen molar-refractivity contribution in [2.45, 2.75) is 51.3 Å². The van der Waals surface area contributed by atoms with E-state index in [1.54, 1.807) is 0 Å². The third-order valence-corrected chi connectivity index (χ3v) is 3.08. The van der Waals surface area contributed by atoms with Crippen LogP contribution < -0.4 is 15.8 Å². The average Bonchev–Trinajstić information content (AvgIpc) is 2.66. The summed E-state index contributed by atoms with van der Waals surface area (Å²) in [6, 6.07) is 8.96. The topological polar surface area (TPSA) is 47.3 Å². The fraction of sp³-hybridized carbons (Fsp3) is 0.571. The van der Waals surface area contributed by atoms with Gasteiger partial charge >= 0.3 is 0 Å². The first kappa shape index (κ1) is 12.2. The number of benzene rings is 1. The Balaban J connectivity index is 2.04. The van der Waals surface area contributed by atoms with Crippen LogP contribution >= 0.6 is 0 Å². The Hall–Kier alpha value is -1.22. The summed E-state index contributed by atoms with van der Waals surface area (Å²) in [4.78, 5) is 0. The molecule has 0 aliphatic heterocycles. The molecule has 0 amide bonds. The maximum atomic E-state index is 5.93. The first-order valence-corrected chi connectivity index (χ1v) is 6.43. The van der Waals surface area contributed by atoms with Gasteiger partial charge in [0.15, 0.2) is 0 Å². The molecule has 1 aromatic rings. The van der Waals surface area contributed by atoms with Crippen molar-refractivity contribution in [2.24, 2.45) is 5.73 Å². The molecule has 3 N–H and O–H groups in total. The van der Waals surface area contributed by atoms with E-state index in [-0.39, 0.29) is 6.10 Å². The molecular weight excluding hydrogens is 212 g/mol. The van der Waals surface area contributed by atoms with Crippen LogP contribution in [0.2, 0.25) is 0 Å². The molecule has 0 radical (unpaired) electrons. The van der Waals surface area contributed by atoms with E-state index in [0.29, 0.717) is 12.1 Å². The van der Waals surface area contributed by atoms with E-state index in [2.05, 4.69) is 11.4 Å². The van der Waals surface area contributed by atoms with Crippen molar-refractivity contribution in [3.05, 3.63) is 24.3 Å². The fourth-order valence-corrected chi connectivity index (χ4v) is 2.31. The van der Waals surface area contributed by atoms with Gasteiger partial charge < -0.3 is 15.8 Å². The van der Waals surface area contributed by atoms with E-state index >= 15 is 0 Å². The largest absolute Gasteiger partial charge is 0.489 e. The summed E-state index contributed by atoms with van der Waals surface area (Å²) < 4.78 is 5.79. The van der Waals surface area contributed by atoms with E-state index < -0.39 is 0 Å². The zero-order valence-corrected chi connectivity index (χ0v) is 10.6. The number of nitrogens with two attached hydrogens (primary N) is 1. The van der Waals surface area contributed by atoms with Crippen molar-refractivity contribution in [1.29, 1.82) is 0 Å². The molecule has 1 fully saturated rings. The highest BCUT2D eigenvalue weighted by Gasteiger charge is 2.22. The highest BCUT2D eigenvalue weighted by Crippen LogP contribution is 2.29. The lowest BCUT2D eigenvalue weighted by atomic mass is 10.2. The summed E-state index contributed by atoms with van der Waals surface area (Å²) in [5.74, 6) is 0.933. The monoisotopic (exact) mass is 234 g/mol. The van der Waals surface area contributed by atoms with Crippen molar-refractivity contribution in [2.75, 3.05) is 5.32 Å². The molecule has 3 heteroatoms. The Morgan fingerprint density at radius 3 is 2.71 bits per heavy atom. The Morgan fingerprint density at radius 2 is 2.06 bits per heavy atom. The normalized spacial score (nSPS) is 24.0. The van der Waals surface area contributed by atoms with Gasteiger partial charge in [0.25, 0.3) is 0 Å². The molecular formula is C14H22N2O. The van der Waals surface area contributed by atoms with Crippen molar-refractivity contribution < 1.29 is 4.74 Å². The van der Waals surface area contributed by atoms with Crippen molar-refractivity contribution in [1.82, 2.24) is 0 Å². The van der Waals surface area contributed by atoms with Gasteiger partial charge in [-0.15, -0.1) is 0 Å². The van der Waals surface area contributed by atoms with Crippen LogP contribution in [0.1, 0.15) is 33.1 Å². The van der Waals surface area contributed by atoms with Gasteiger partial charge in [-0.2, -0.15) is 0 Å². The van der Waals surface area contributed by atoms with Gasteiger partial charge in [-0.1, -0.05) is 12.1 Å². The standard InChI is InChI=1S/C14H22N2O/c1-10(2)17-14-6-4-3-5-13(14)16-12-8-7-11(15)9-12/h3-6,10-12,16H,7-9,15H2,1-2H3. The zero-order valence-electron chi connectivity index (χ0n) is 10.6. The molecule has 3 nitrogen and oxygen atoms in total. The van der Waals surface area contributed by atoms with Gasteiger partial charge in [-0.05, 0) is 45.2 Å². The lowest BCUT2D eigenvalue weighted by molar-refractivity contribution is 0.243. The molecule has 2 unspecified atom stereocenters. The minimum atomic E-state index is 0.198. The molecule has 1 aromatic carbocycles. The Labute approximate surface area is 103 Å². The summed E-state index contributed by atoms with van der Waals surface area (Å²) in [6.07, 6.45) is 3.52. The van der Waals surface area contributed by atoms with Gasteiger partial charge in [0.2, 0.25) is 0 Å². The molecule has 0 aromatic heterocycles. The lowest BCUT2D eigenvalue weighted by Crippen LogP contribution is -2.21. The summed E-state index contributed by atoms with van der Waals surface area (Å²) in [7, 11) is 0. The molecule has 1 saturated carbocycles. The lowest BCUT2D eigenvalue weighted by Gasteiger charge is -2.19. The first-order valence-electron chi connectivity index (χ1n) is 6.43. The molecule has 2 rings (SSSR count). The van der Waals surface area contributed by atoms with Crippen molar-refractivity contribution in [3.63, 3.8) is 0 Å². The number of hydrogen-bond donors (Lipinski definition) is 2. The van der Waals surface area contributed by atoms with Crippen LogP contribution in [0.3, 0.4) is 0 Å². The molecule has 0 saturated heterocycles. The molecule has 0 bridgehead atoms. The van der Waals surface area contributed by atoms with Crippen LogP contribution in [-0.2, 0) is 0 Å². The number of ether oxygens (including phenoxy) is 1. The molecule has 0 spiro atoms. The highest BCUT2D eigenvalue weighted by atomic mass is 16.5. The van der Waals surface area contributed by atoms with Gasteiger partial charge in [0.05, 0.1) is 11.8 Å². The highest BCUT2D eigenvalue weighted by molar-refractivity contribution is 5.56. The third kappa shape index (κ3) is 3.37. The third-order valence-electron chi connectivity index (χ3n) is 3.08. The smallest absolute Gasteiger partial charge is 0.142 e. The SMILES string of the molecule is CC(C)Oc1ccccc1NC1CCC(N)C1. The Bertz CT molecular complexity index is 365. The van der Waals surface area contributed by atoms with Crippen LogP contribution in [-0.4, -0.2) is 18.2 Å². The minimum Gasteiger partial charge on any atom is -0.489 e. The number of para-hydroxylation sites is 2. The molecule has 1 aliphatic rings. The number of hydrogen-bond acceptors (Lipinski definition) is 3. The minimum absolute atomic E-state index is 0.198. The van der Waals surface area contributed by atoms with Gasteiger partial charge in [0.1, 0.15) is 5.75 Å². The van der Waals surface area contributed by atoms with E-state index in [4.69, 9.17) is 10.5 Å². The maximum absolute atomic E-state index is 5.93. The molecule has 0 heterocycles. The maximum Gasteiger partial charge on any atom is 0.142 e. The Morgan fingerprint density at radius 1 is 1.29 bits per heavy atom. The molecule has 94 valence electrons. The molecule has 1 aliphatic carbocycles. The first-order chi connectivity index (χ1) is 8.15. The predicted molar refractivity (Wildman–Crippen MR) is 71.4 cm³/mol. The zero-order chi connectivity index (χ0) is 12.3. The van der Waals surface area contributed by atoms with Crippen LogP contribution in [0, 0.1) is 0 Å². The molecule has 2 atom stereocenters. The van der Waals surface area contributed by atoms with Gasteiger partial charge in [0, 0.05) is 12.1 Å². The fourth-order valence-electron chi connectivity index (χ4n) is 2.31. The number of rotatable bonds is 4. The van der Waals surface area contributed by atoms with E-state index in [9.17, 15) is 0 Å². The summed E-state index contributed by atoms with van der Waals surface area (Å²) in [5.41, 5.74) is 7.01. The number of anilines is 1. The second-order valence-electron chi connectivity index (χ2n) is 5.08. The quantitative estimate of drug-likeness (QED) is 0.842. The van der Waals surface area contributed by atoms with Gasteiger partial charge in [-0.25, -0.2) is 0 Å². The summed E-state index contributed by atoms with van der Waals surface area (Å²) >= 11 is 0. The second-order valence-corrected chi connectivity index (χ2v) is 5.08. The van der Waals surface area contributed by atoms with E-state index in [0.717, 1.165) is 30.7 Å². The predicted octanol–water partition coefficient (Wildman–Crippen LogP) is 2.77. The van der Waals surface area contributed by atoms with Crippen LogP contribution in [0.5, 0.6) is 5.75 Å². The van der Waals surface area contributed by atoms with E-state index in [1.165, 1.54) is 0 Å². The van der Waals surface area contributed by atoms with Crippen LogP contribution in [0.25, 0.3) is 0 Å². The summed E-state index contributed by atoms with van der Waals surface area (Å²) in [5, 5.41) is 3.54. The average molecular weight is 234 g/mol. The molecule has 17 heavy (non-hydrogen) atoms. The van der Waals surface area contributed by atoms with Crippen LogP contribution in [0.15, 0.2) is 24.3 Å². The van der Waals surface area contributed by atoms with Gasteiger partial charge in [-0.3, -0.25) is 0 Å².